The quantitative estimate of drug-likeness (QED) is 0.639. The zero-order valence-corrected chi connectivity index (χ0v) is 19.0. The van der Waals surface area contributed by atoms with E-state index in [2.05, 4.69) is 33.8 Å². The van der Waals surface area contributed by atoms with Crippen LogP contribution in [0.4, 0.5) is 17.5 Å². The van der Waals surface area contributed by atoms with E-state index in [0.29, 0.717) is 23.3 Å². The van der Waals surface area contributed by atoms with E-state index in [1.807, 2.05) is 24.3 Å². The van der Waals surface area contributed by atoms with Crippen molar-refractivity contribution in [1.29, 1.82) is 0 Å². The van der Waals surface area contributed by atoms with Crippen LogP contribution in [-0.4, -0.2) is 57.0 Å². The Balaban J connectivity index is 0.00000272. The average Bonchev–Trinajstić information content (AvgIpc) is 2.78. The van der Waals surface area contributed by atoms with Gasteiger partial charge in [-0.25, -0.2) is 4.98 Å². The number of fused-ring (bicyclic) bond motifs is 1. The first-order valence-corrected chi connectivity index (χ1v) is 9.89. The number of hydrogen-bond donors (Lipinski definition) is 1. The zero-order valence-electron chi connectivity index (χ0n) is 18.2. The third-order valence-electron chi connectivity index (χ3n) is 5.53. The minimum absolute atomic E-state index is 0. The second-order valence-electron chi connectivity index (χ2n) is 7.32. The number of nitrogen functional groups attached to an aromatic ring is 1. The van der Waals surface area contributed by atoms with E-state index in [9.17, 15) is 0 Å². The topological polar surface area (TPSA) is 86.0 Å². The fraction of sp³-hybridized carbons (Fsp3) is 0.364. The molecule has 1 aliphatic heterocycles. The highest BCUT2D eigenvalue weighted by Crippen LogP contribution is 2.34. The highest BCUT2D eigenvalue weighted by molar-refractivity contribution is 5.91. The number of methoxy groups -OCH3 is 3. The first kappa shape index (κ1) is 22.6. The van der Waals surface area contributed by atoms with Gasteiger partial charge in [0, 0.05) is 42.8 Å². The number of benzene rings is 2. The maximum Gasteiger partial charge on any atom is 0.228 e. The van der Waals surface area contributed by atoms with Crippen LogP contribution in [0, 0.1) is 0 Å². The summed E-state index contributed by atoms with van der Waals surface area (Å²) in [6.45, 7) is 4.66. The monoisotopic (exact) mass is 445 g/mol. The number of hydrogen-bond acceptors (Lipinski definition) is 8. The molecule has 0 aliphatic carbocycles. The van der Waals surface area contributed by atoms with E-state index in [1.165, 1.54) is 5.69 Å². The normalized spacial score (nSPS) is 16.1. The Hall–Kier alpha value is -3.13. The van der Waals surface area contributed by atoms with Gasteiger partial charge in [-0.1, -0.05) is 0 Å². The van der Waals surface area contributed by atoms with Crippen LogP contribution in [-0.2, 0) is 0 Å². The van der Waals surface area contributed by atoms with Crippen molar-refractivity contribution in [2.45, 2.75) is 13.0 Å². The van der Waals surface area contributed by atoms with Gasteiger partial charge in [0.05, 0.1) is 26.8 Å². The molecule has 0 amide bonds. The number of nitrogens with two attached hydrogens (primary N) is 1. The van der Waals surface area contributed by atoms with Gasteiger partial charge < -0.3 is 29.7 Å². The summed E-state index contributed by atoms with van der Waals surface area (Å²) in [5.41, 5.74) is 8.18. The summed E-state index contributed by atoms with van der Waals surface area (Å²) in [5.74, 6) is 3.15. The molecule has 0 bridgehead atoms. The van der Waals surface area contributed by atoms with Crippen molar-refractivity contribution in [1.82, 2.24) is 9.97 Å². The molecule has 3 aromatic rings. The first-order valence-electron chi connectivity index (χ1n) is 9.89. The lowest BCUT2D eigenvalue weighted by Crippen LogP contribution is -2.52. The third-order valence-corrected chi connectivity index (χ3v) is 5.53. The Morgan fingerprint density at radius 3 is 2.23 bits per heavy atom. The Kier molecular flexibility index (Phi) is 6.80. The van der Waals surface area contributed by atoms with Crippen LogP contribution in [0.3, 0.4) is 0 Å². The summed E-state index contributed by atoms with van der Waals surface area (Å²) < 4.78 is 16.0. The smallest absolute Gasteiger partial charge is 0.228 e. The summed E-state index contributed by atoms with van der Waals surface area (Å²) in [4.78, 5) is 13.9. The molecule has 1 saturated heterocycles. The third kappa shape index (κ3) is 4.34. The molecule has 9 heteroatoms. The fourth-order valence-corrected chi connectivity index (χ4v) is 3.90. The van der Waals surface area contributed by atoms with E-state index >= 15 is 0 Å². The van der Waals surface area contributed by atoms with Gasteiger partial charge in [-0.2, -0.15) is 4.98 Å². The van der Waals surface area contributed by atoms with Gasteiger partial charge in [0.25, 0.3) is 0 Å². The number of piperazine rings is 1. The SMILES string of the molecule is COc1ccc(N2CCN(c3nc(N)c4cc(OC)c(OC)cc4n3)CC2C)cc1.Cl. The van der Waals surface area contributed by atoms with E-state index in [-0.39, 0.29) is 18.4 Å². The molecule has 31 heavy (non-hydrogen) atoms. The second kappa shape index (κ2) is 9.34. The molecule has 0 spiro atoms. The predicted molar refractivity (Wildman–Crippen MR) is 126 cm³/mol. The Morgan fingerprint density at radius 2 is 1.61 bits per heavy atom. The first-order chi connectivity index (χ1) is 14.5. The van der Waals surface area contributed by atoms with Crippen LogP contribution in [0.2, 0.25) is 0 Å². The molecule has 1 aromatic heterocycles. The molecule has 1 aliphatic rings. The maximum absolute atomic E-state index is 6.26. The van der Waals surface area contributed by atoms with Crippen molar-refractivity contribution in [2.75, 3.05) is 56.5 Å². The number of ether oxygens (including phenoxy) is 3. The van der Waals surface area contributed by atoms with Crippen LogP contribution >= 0.6 is 12.4 Å². The standard InChI is InChI=1S/C22H27N5O3.ClH/c1-14-13-26(9-10-27(14)15-5-7-16(28-2)8-6-15)22-24-18-12-20(30-4)19(29-3)11-17(18)21(23)25-22;/h5-8,11-12,14H,9-10,13H2,1-4H3,(H2,23,24,25);1H. The number of nitrogens with zero attached hydrogens (tertiary/aromatic N) is 4. The average molecular weight is 446 g/mol. The largest absolute Gasteiger partial charge is 0.497 e. The van der Waals surface area contributed by atoms with Crippen LogP contribution in [0.15, 0.2) is 36.4 Å². The maximum atomic E-state index is 6.26. The highest BCUT2D eigenvalue weighted by atomic mass is 35.5. The summed E-state index contributed by atoms with van der Waals surface area (Å²) >= 11 is 0. The van der Waals surface area contributed by atoms with Crippen molar-refractivity contribution < 1.29 is 14.2 Å². The zero-order chi connectivity index (χ0) is 21.3. The predicted octanol–water partition coefficient (Wildman–Crippen LogP) is 3.37. The molecule has 2 heterocycles. The van der Waals surface area contributed by atoms with Crippen LogP contribution in [0.1, 0.15) is 6.92 Å². The van der Waals surface area contributed by atoms with Crippen molar-refractivity contribution in [2.24, 2.45) is 0 Å². The van der Waals surface area contributed by atoms with E-state index in [0.717, 1.165) is 36.3 Å². The van der Waals surface area contributed by atoms with Gasteiger partial charge >= 0.3 is 0 Å². The number of anilines is 3. The van der Waals surface area contributed by atoms with Crippen LogP contribution < -0.4 is 29.7 Å². The highest BCUT2D eigenvalue weighted by Gasteiger charge is 2.26. The van der Waals surface area contributed by atoms with Gasteiger partial charge in [0.2, 0.25) is 5.95 Å². The van der Waals surface area contributed by atoms with Gasteiger partial charge in [-0.05, 0) is 37.3 Å². The van der Waals surface area contributed by atoms with Gasteiger partial charge in [-0.15, -0.1) is 12.4 Å². The van der Waals surface area contributed by atoms with Gasteiger partial charge in [0.15, 0.2) is 11.5 Å². The van der Waals surface area contributed by atoms with E-state index in [1.54, 1.807) is 21.3 Å². The molecule has 166 valence electrons. The fourth-order valence-electron chi connectivity index (χ4n) is 3.90. The lowest BCUT2D eigenvalue weighted by Gasteiger charge is -2.41. The number of halogens is 1. The number of rotatable bonds is 5. The molecule has 0 radical (unpaired) electrons. The summed E-state index contributed by atoms with van der Waals surface area (Å²) in [6, 6.07) is 12.1. The molecule has 1 fully saturated rings. The molecular weight excluding hydrogens is 418 g/mol. The summed E-state index contributed by atoms with van der Waals surface area (Å²) in [6.07, 6.45) is 0. The van der Waals surface area contributed by atoms with Crippen LogP contribution in [0.25, 0.3) is 10.9 Å². The number of aromatic nitrogens is 2. The summed E-state index contributed by atoms with van der Waals surface area (Å²) in [5, 5.41) is 0.751. The van der Waals surface area contributed by atoms with Crippen LogP contribution in [0.5, 0.6) is 17.2 Å². The Bertz CT molecular complexity index is 1050. The van der Waals surface area contributed by atoms with Crippen molar-refractivity contribution in [3.63, 3.8) is 0 Å². The van der Waals surface area contributed by atoms with E-state index < -0.39 is 0 Å². The van der Waals surface area contributed by atoms with E-state index in [4.69, 9.17) is 24.9 Å². The van der Waals surface area contributed by atoms with Gasteiger partial charge in [-0.3, -0.25) is 0 Å². The van der Waals surface area contributed by atoms with Gasteiger partial charge in [0.1, 0.15) is 11.6 Å². The molecule has 2 N–H and O–H groups in total. The molecule has 4 rings (SSSR count). The molecule has 8 nitrogen and oxygen atoms in total. The molecule has 0 saturated carbocycles. The van der Waals surface area contributed by atoms with Crippen molar-refractivity contribution >= 4 is 40.8 Å². The minimum atomic E-state index is 0. The molecule has 2 aromatic carbocycles. The minimum Gasteiger partial charge on any atom is -0.497 e. The lowest BCUT2D eigenvalue weighted by molar-refractivity contribution is 0.356. The summed E-state index contributed by atoms with van der Waals surface area (Å²) in [7, 11) is 4.88. The second-order valence-corrected chi connectivity index (χ2v) is 7.32. The molecule has 1 unspecified atom stereocenters. The molecular formula is C22H28ClN5O3. The van der Waals surface area contributed by atoms with Crippen molar-refractivity contribution in [3.8, 4) is 17.2 Å². The Morgan fingerprint density at radius 1 is 0.935 bits per heavy atom. The molecule has 1 atom stereocenters. The lowest BCUT2D eigenvalue weighted by atomic mass is 10.1. The Labute approximate surface area is 188 Å². The van der Waals surface area contributed by atoms with Crippen molar-refractivity contribution in [3.05, 3.63) is 36.4 Å².